The SMILES string of the molecule is N#Cc1cnc2c(Cl)cc(NC(c3ccc(F)cc3)c3cn(CCCN4CCCC4)nn3)cc2c1Nc1cnc(F)c(F)c1. The van der Waals surface area contributed by atoms with Crippen molar-refractivity contribution in [1.29, 1.82) is 5.26 Å². The summed E-state index contributed by atoms with van der Waals surface area (Å²) in [6.45, 7) is 3.97. The number of nitrogens with zero attached hydrogens (tertiary/aromatic N) is 7. The van der Waals surface area contributed by atoms with E-state index >= 15 is 0 Å². The highest BCUT2D eigenvalue weighted by Crippen LogP contribution is 2.36. The number of anilines is 3. The van der Waals surface area contributed by atoms with Crippen LogP contribution >= 0.6 is 11.6 Å². The smallest absolute Gasteiger partial charge is 0.249 e. The third-order valence-corrected chi connectivity index (χ3v) is 7.83. The first kappa shape index (κ1) is 29.3. The fourth-order valence-electron chi connectivity index (χ4n) is 5.36. The monoisotopic (exact) mass is 617 g/mol. The molecule has 1 atom stereocenters. The van der Waals surface area contributed by atoms with Gasteiger partial charge in [0.15, 0.2) is 5.82 Å². The van der Waals surface area contributed by atoms with Crippen LogP contribution in [0, 0.1) is 28.9 Å². The van der Waals surface area contributed by atoms with Crippen molar-refractivity contribution in [2.24, 2.45) is 0 Å². The Morgan fingerprint density at radius 2 is 1.77 bits per heavy atom. The summed E-state index contributed by atoms with van der Waals surface area (Å²) < 4.78 is 43.0. The number of nitriles is 1. The second-order valence-corrected chi connectivity index (χ2v) is 11.0. The van der Waals surface area contributed by atoms with Crippen molar-refractivity contribution in [2.75, 3.05) is 30.3 Å². The lowest BCUT2D eigenvalue weighted by Gasteiger charge is -2.20. The van der Waals surface area contributed by atoms with E-state index in [-0.39, 0.29) is 27.8 Å². The molecule has 0 saturated carbocycles. The number of aryl methyl sites for hydroxylation is 1. The first-order chi connectivity index (χ1) is 21.4. The second kappa shape index (κ2) is 12.9. The lowest BCUT2D eigenvalue weighted by molar-refractivity contribution is 0.321. The standard InChI is InChI=1S/C31H27ClF3N9/c32-25-13-22(12-24-28(20(15-36)16-37-30(24)25)40-23-14-26(34)31(35)38-17-23)39-29(19-4-6-21(33)7-5-19)27-18-44(42-41-27)11-3-10-43-8-1-2-9-43/h4-7,12-14,16-18,29,39H,1-3,8-11H2,(H,37,40). The first-order valence-corrected chi connectivity index (χ1v) is 14.5. The molecule has 9 nitrogen and oxygen atoms in total. The van der Waals surface area contributed by atoms with Gasteiger partial charge in [-0.3, -0.25) is 9.67 Å². The minimum absolute atomic E-state index is 0.132. The molecule has 0 amide bonds. The molecule has 1 aliphatic heterocycles. The quantitative estimate of drug-likeness (QED) is 0.169. The molecule has 0 aliphatic carbocycles. The number of rotatable bonds is 10. The van der Waals surface area contributed by atoms with E-state index in [0.717, 1.165) is 43.9 Å². The summed E-state index contributed by atoms with van der Waals surface area (Å²) in [4.78, 5) is 10.2. The molecule has 1 unspecified atom stereocenters. The molecule has 4 heterocycles. The van der Waals surface area contributed by atoms with Crippen LogP contribution in [0.5, 0.6) is 0 Å². The van der Waals surface area contributed by atoms with Crippen LogP contribution in [0.2, 0.25) is 5.02 Å². The second-order valence-electron chi connectivity index (χ2n) is 10.6. The first-order valence-electron chi connectivity index (χ1n) is 14.1. The molecular formula is C31H27ClF3N9. The molecule has 2 aromatic carbocycles. The van der Waals surface area contributed by atoms with Gasteiger partial charge in [-0.15, -0.1) is 5.10 Å². The normalized spacial score (nSPS) is 14.1. The summed E-state index contributed by atoms with van der Waals surface area (Å²) in [6.07, 6.45) is 7.76. The minimum atomic E-state index is -1.24. The fraction of sp³-hybridized carbons (Fsp3) is 0.258. The van der Waals surface area contributed by atoms with Gasteiger partial charge in [0.05, 0.1) is 45.9 Å². The van der Waals surface area contributed by atoms with E-state index in [1.54, 1.807) is 28.9 Å². The number of nitrogens with one attached hydrogen (secondary N) is 2. The van der Waals surface area contributed by atoms with Crippen LogP contribution in [0.4, 0.5) is 30.2 Å². The largest absolute Gasteiger partial charge is 0.373 e. The zero-order chi connectivity index (χ0) is 30.6. The number of pyridine rings is 2. The Bertz CT molecular complexity index is 1830. The van der Waals surface area contributed by atoms with Crippen molar-refractivity contribution in [1.82, 2.24) is 29.9 Å². The lowest BCUT2D eigenvalue weighted by atomic mass is 10.0. The number of likely N-dealkylation sites (tertiary alicyclic amines) is 1. The highest BCUT2D eigenvalue weighted by atomic mass is 35.5. The van der Waals surface area contributed by atoms with Gasteiger partial charge in [-0.05, 0) is 68.7 Å². The predicted molar refractivity (Wildman–Crippen MR) is 161 cm³/mol. The van der Waals surface area contributed by atoms with Crippen LogP contribution in [-0.2, 0) is 6.54 Å². The van der Waals surface area contributed by atoms with Gasteiger partial charge < -0.3 is 15.5 Å². The van der Waals surface area contributed by atoms with Crippen LogP contribution in [0.15, 0.2) is 61.1 Å². The Morgan fingerprint density at radius 1 is 0.977 bits per heavy atom. The molecule has 0 radical (unpaired) electrons. The van der Waals surface area contributed by atoms with Gasteiger partial charge in [0.2, 0.25) is 5.95 Å². The zero-order valence-electron chi connectivity index (χ0n) is 23.4. The fourth-order valence-corrected chi connectivity index (χ4v) is 5.63. The van der Waals surface area contributed by atoms with Gasteiger partial charge in [-0.2, -0.15) is 9.65 Å². The van der Waals surface area contributed by atoms with E-state index in [2.05, 4.69) is 41.9 Å². The average molecular weight is 618 g/mol. The number of halogens is 4. The number of benzene rings is 2. The number of aromatic nitrogens is 5. The van der Waals surface area contributed by atoms with E-state index in [1.165, 1.54) is 31.2 Å². The van der Waals surface area contributed by atoms with E-state index in [1.807, 2.05) is 6.20 Å². The van der Waals surface area contributed by atoms with Crippen molar-refractivity contribution < 1.29 is 13.2 Å². The molecular weight excluding hydrogens is 591 g/mol. The van der Waals surface area contributed by atoms with E-state index < -0.39 is 17.8 Å². The maximum absolute atomic E-state index is 13.9. The molecule has 0 bridgehead atoms. The van der Waals surface area contributed by atoms with E-state index in [9.17, 15) is 18.4 Å². The predicted octanol–water partition coefficient (Wildman–Crippen LogP) is 6.59. The molecule has 224 valence electrons. The van der Waals surface area contributed by atoms with Crippen LogP contribution in [0.3, 0.4) is 0 Å². The van der Waals surface area contributed by atoms with Gasteiger partial charge in [-0.1, -0.05) is 28.9 Å². The molecule has 1 saturated heterocycles. The Balaban J connectivity index is 1.33. The van der Waals surface area contributed by atoms with Crippen LogP contribution in [0.1, 0.15) is 42.1 Å². The van der Waals surface area contributed by atoms with Crippen molar-refractivity contribution in [3.05, 3.63) is 100 Å². The van der Waals surface area contributed by atoms with Gasteiger partial charge in [0, 0.05) is 29.9 Å². The van der Waals surface area contributed by atoms with Crippen LogP contribution in [-0.4, -0.2) is 49.5 Å². The summed E-state index contributed by atoms with van der Waals surface area (Å²) in [5, 5.41) is 25.7. The van der Waals surface area contributed by atoms with Gasteiger partial charge in [0.1, 0.15) is 17.6 Å². The molecule has 1 fully saturated rings. The maximum atomic E-state index is 13.9. The average Bonchev–Trinajstić information content (AvgIpc) is 3.71. The highest BCUT2D eigenvalue weighted by Gasteiger charge is 2.21. The molecule has 13 heteroatoms. The molecule has 2 N–H and O–H groups in total. The summed E-state index contributed by atoms with van der Waals surface area (Å²) in [6, 6.07) is 12.0. The van der Waals surface area contributed by atoms with E-state index in [4.69, 9.17) is 11.6 Å². The summed E-state index contributed by atoms with van der Waals surface area (Å²) >= 11 is 6.67. The Hall–Kier alpha value is -4.73. The highest BCUT2D eigenvalue weighted by molar-refractivity contribution is 6.36. The molecule has 5 aromatic rings. The number of hydrogen-bond donors (Lipinski definition) is 2. The summed E-state index contributed by atoms with van der Waals surface area (Å²) in [5.74, 6) is -2.75. The summed E-state index contributed by atoms with van der Waals surface area (Å²) in [7, 11) is 0. The maximum Gasteiger partial charge on any atom is 0.249 e. The van der Waals surface area contributed by atoms with Crippen molar-refractivity contribution in [2.45, 2.75) is 31.8 Å². The van der Waals surface area contributed by atoms with Gasteiger partial charge >= 0.3 is 0 Å². The minimum Gasteiger partial charge on any atom is -0.373 e. The van der Waals surface area contributed by atoms with Gasteiger partial charge in [-0.25, -0.2) is 13.8 Å². The van der Waals surface area contributed by atoms with Crippen molar-refractivity contribution in [3.63, 3.8) is 0 Å². The Morgan fingerprint density at radius 3 is 2.52 bits per heavy atom. The van der Waals surface area contributed by atoms with Crippen molar-refractivity contribution in [3.8, 4) is 6.07 Å². The Kier molecular flexibility index (Phi) is 8.58. The molecule has 1 aliphatic rings. The Labute approximate surface area is 256 Å². The van der Waals surface area contributed by atoms with Gasteiger partial charge in [0.25, 0.3) is 0 Å². The van der Waals surface area contributed by atoms with E-state index in [0.29, 0.717) is 28.8 Å². The number of fused-ring (bicyclic) bond motifs is 1. The molecule has 3 aromatic heterocycles. The summed E-state index contributed by atoms with van der Waals surface area (Å²) in [5.41, 5.74) is 2.86. The third-order valence-electron chi connectivity index (χ3n) is 7.54. The van der Waals surface area contributed by atoms with Crippen molar-refractivity contribution >= 4 is 39.6 Å². The third kappa shape index (κ3) is 6.44. The molecule has 44 heavy (non-hydrogen) atoms. The van der Waals surface area contributed by atoms with Crippen LogP contribution < -0.4 is 10.6 Å². The molecule has 6 rings (SSSR count). The zero-order valence-corrected chi connectivity index (χ0v) is 24.2. The molecule has 0 spiro atoms. The lowest BCUT2D eigenvalue weighted by Crippen LogP contribution is -2.21. The van der Waals surface area contributed by atoms with Crippen LogP contribution in [0.25, 0.3) is 10.9 Å². The topological polar surface area (TPSA) is 108 Å². The number of hydrogen-bond acceptors (Lipinski definition) is 8.